The van der Waals surface area contributed by atoms with E-state index in [1.165, 1.54) is 0 Å². The standard InChI is InChI=1S/C9H19NO/c1-4-10-5-6-11-9(7-10)8(2)3/h8-9H,4-7H2,1-3H3/t9-/m0/s1. The van der Waals surface area contributed by atoms with Gasteiger partial charge in [-0.25, -0.2) is 0 Å². The molecule has 1 saturated heterocycles. The van der Waals surface area contributed by atoms with E-state index in [0.29, 0.717) is 12.0 Å². The summed E-state index contributed by atoms with van der Waals surface area (Å²) in [5, 5.41) is 0. The van der Waals surface area contributed by atoms with Gasteiger partial charge in [0.15, 0.2) is 0 Å². The van der Waals surface area contributed by atoms with E-state index in [-0.39, 0.29) is 0 Å². The highest BCUT2D eigenvalue weighted by Gasteiger charge is 2.21. The summed E-state index contributed by atoms with van der Waals surface area (Å²) in [6.45, 7) is 11.0. The fraction of sp³-hybridized carbons (Fsp3) is 1.00. The molecule has 0 saturated carbocycles. The first-order valence-electron chi connectivity index (χ1n) is 4.58. The molecule has 1 aliphatic heterocycles. The molecule has 2 heteroatoms. The Labute approximate surface area is 69.5 Å². The second-order valence-electron chi connectivity index (χ2n) is 3.55. The van der Waals surface area contributed by atoms with Crippen LogP contribution in [0.5, 0.6) is 0 Å². The Bertz CT molecular complexity index is 114. The molecule has 0 bridgehead atoms. The average molecular weight is 157 g/mol. The van der Waals surface area contributed by atoms with E-state index < -0.39 is 0 Å². The van der Waals surface area contributed by atoms with E-state index in [4.69, 9.17) is 4.74 Å². The molecule has 0 spiro atoms. The Morgan fingerprint density at radius 3 is 2.82 bits per heavy atom. The molecule has 0 aromatic heterocycles. The van der Waals surface area contributed by atoms with Gasteiger partial charge in [0.2, 0.25) is 0 Å². The smallest absolute Gasteiger partial charge is 0.0725 e. The van der Waals surface area contributed by atoms with Gasteiger partial charge in [0.25, 0.3) is 0 Å². The van der Waals surface area contributed by atoms with Crippen molar-refractivity contribution in [3.05, 3.63) is 0 Å². The van der Waals surface area contributed by atoms with Crippen molar-refractivity contribution in [1.29, 1.82) is 0 Å². The van der Waals surface area contributed by atoms with Gasteiger partial charge in [0, 0.05) is 13.1 Å². The lowest BCUT2D eigenvalue weighted by atomic mass is 10.1. The molecule has 0 aromatic rings. The van der Waals surface area contributed by atoms with E-state index >= 15 is 0 Å². The molecular weight excluding hydrogens is 138 g/mol. The minimum Gasteiger partial charge on any atom is -0.375 e. The first-order chi connectivity index (χ1) is 5.24. The monoisotopic (exact) mass is 157 g/mol. The van der Waals surface area contributed by atoms with Crippen molar-refractivity contribution in [3.63, 3.8) is 0 Å². The molecule has 1 rings (SSSR count). The molecule has 0 aliphatic carbocycles. The van der Waals surface area contributed by atoms with E-state index in [1.807, 2.05) is 0 Å². The van der Waals surface area contributed by atoms with Gasteiger partial charge in [0.1, 0.15) is 0 Å². The van der Waals surface area contributed by atoms with E-state index in [9.17, 15) is 0 Å². The molecule has 2 nitrogen and oxygen atoms in total. The molecule has 66 valence electrons. The van der Waals surface area contributed by atoms with Crippen molar-refractivity contribution >= 4 is 0 Å². The van der Waals surface area contributed by atoms with Crippen molar-refractivity contribution in [3.8, 4) is 0 Å². The SMILES string of the molecule is CCN1CCO[C@H](C(C)C)C1. The lowest BCUT2D eigenvalue weighted by Gasteiger charge is -2.34. The second kappa shape index (κ2) is 4.07. The minimum atomic E-state index is 0.462. The van der Waals surface area contributed by atoms with Gasteiger partial charge in [-0.3, -0.25) is 4.90 Å². The minimum absolute atomic E-state index is 0.462. The van der Waals surface area contributed by atoms with Crippen molar-refractivity contribution in [2.24, 2.45) is 5.92 Å². The Morgan fingerprint density at radius 2 is 2.27 bits per heavy atom. The Morgan fingerprint density at radius 1 is 1.55 bits per heavy atom. The summed E-state index contributed by atoms with van der Waals surface area (Å²) in [5.41, 5.74) is 0. The third-order valence-corrected chi connectivity index (χ3v) is 2.37. The topological polar surface area (TPSA) is 12.5 Å². The molecule has 0 unspecified atom stereocenters. The third kappa shape index (κ3) is 2.46. The summed E-state index contributed by atoms with van der Waals surface area (Å²) >= 11 is 0. The normalized spacial score (nSPS) is 27.8. The van der Waals surface area contributed by atoms with Crippen LogP contribution in [-0.4, -0.2) is 37.2 Å². The zero-order chi connectivity index (χ0) is 8.27. The molecule has 1 aliphatic rings. The predicted octanol–water partition coefficient (Wildman–Crippen LogP) is 1.36. The number of nitrogens with zero attached hydrogens (tertiary/aromatic N) is 1. The van der Waals surface area contributed by atoms with E-state index in [0.717, 1.165) is 26.2 Å². The number of ether oxygens (including phenoxy) is 1. The van der Waals surface area contributed by atoms with Gasteiger partial charge >= 0.3 is 0 Å². The van der Waals surface area contributed by atoms with Crippen molar-refractivity contribution < 1.29 is 4.74 Å². The van der Waals surface area contributed by atoms with Crippen LogP contribution in [0.4, 0.5) is 0 Å². The van der Waals surface area contributed by atoms with Crippen molar-refractivity contribution in [2.75, 3.05) is 26.2 Å². The fourth-order valence-electron chi connectivity index (χ4n) is 1.42. The van der Waals surface area contributed by atoms with Crippen LogP contribution in [0.2, 0.25) is 0 Å². The molecule has 1 fully saturated rings. The molecule has 0 aromatic carbocycles. The lowest BCUT2D eigenvalue weighted by Crippen LogP contribution is -2.44. The number of rotatable bonds is 2. The number of hydrogen-bond acceptors (Lipinski definition) is 2. The molecule has 0 radical (unpaired) electrons. The van der Waals surface area contributed by atoms with Crippen molar-refractivity contribution in [2.45, 2.75) is 26.9 Å². The van der Waals surface area contributed by atoms with Crippen LogP contribution in [0.3, 0.4) is 0 Å². The summed E-state index contributed by atoms with van der Waals surface area (Å²) in [4.78, 5) is 2.45. The maximum Gasteiger partial charge on any atom is 0.0725 e. The average Bonchev–Trinajstić information content (AvgIpc) is 2.05. The van der Waals surface area contributed by atoms with Gasteiger partial charge < -0.3 is 4.74 Å². The van der Waals surface area contributed by atoms with Crippen LogP contribution in [0.1, 0.15) is 20.8 Å². The van der Waals surface area contributed by atoms with Crippen LogP contribution >= 0.6 is 0 Å². The lowest BCUT2D eigenvalue weighted by molar-refractivity contribution is -0.0487. The summed E-state index contributed by atoms with van der Waals surface area (Å²) < 4.78 is 5.63. The van der Waals surface area contributed by atoms with Crippen LogP contribution in [-0.2, 0) is 4.74 Å². The van der Waals surface area contributed by atoms with Gasteiger partial charge in [-0.1, -0.05) is 20.8 Å². The van der Waals surface area contributed by atoms with Gasteiger partial charge in [0.05, 0.1) is 12.7 Å². The maximum atomic E-state index is 5.63. The zero-order valence-corrected chi connectivity index (χ0v) is 7.84. The largest absolute Gasteiger partial charge is 0.375 e. The maximum absolute atomic E-state index is 5.63. The van der Waals surface area contributed by atoms with E-state index in [1.54, 1.807) is 0 Å². The number of hydrogen-bond donors (Lipinski definition) is 0. The van der Waals surface area contributed by atoms with Crippen molar-refractivity contribution in [1.82, 2.24) is 4.90 Å². The highest BCUT2D eigenvalue weighted by molar-refractivity contribution is 4.72. The molecule has 0 amide bonds. The Hall–Kier alpha value is -0.0800. The Kier molecular flexibility index (Phi) is 3.34. The van der Waals surface area contributed by atoms with Crippen LogP contribution in [0.15, 0.2) is 0 Å². The van der Waals surface area contributed by atoms with Gasteiger partial charge in [-0.15, -0.1) is 0 Å². The highest BCUT2D eigenvalue weighted by atomic mass is 16.5. The number of morpholine rings is 1. The molecular formula is C9H19NO. The summed E-state index contributed by atoms with van der Waals surface area (Å²) in [6.07, 6.45) is 0.462. The first-order valence-corrected chi connectivity index (χ1v) is 4.58. The zero-order valence-electron chi connectivity index (χ0n) is 7.84. The molecule has 1 heterocycles. The highest BCUT2D eigenvalue weighted by Crippen LogP contribution is 2.12. The van der Waals surface area contributed by atoms with E-state index in [2.05, 4.69) is 25.7 Å². The van der Waals surface area contributed by atoms with Gasteiger partial charge in [-0.05, 0) is 12.5 Å². The first kappa shape index (κ1) is 9.01. The summed E-state index contributed by atoms with van der Waals surface area (Å²) in [5.74, 6) is 0.657. The van der Waals surface area contributed by atoms with Crippen LogP contribution in [0, 0.1) is 5.92 Å². The summed E-state index contributed by atoms with van der Waals surface area (Å²) in [6, 6.07) is 0. The molecule has 0 N–H and O–H groups in total. The Balaban J connectivity index is 2.33. The summed E-state index contributed by atoms with van der Waals surface area (Å²) in [7, 11) is 0. The quantitative estimate of drug-likeness (QED) is 0.600. The number of likely N-dealkylation sites (N-methyl/N-ethyl adjacent to an activating group) is 1. The molecule has 1 atom stereocenters. The fourth-order valence-corrected chi connectivity index (χ4v) is 1.42. The predicted molar refractivity (Wildman–Crippen MR) is 46.7 cm³/mol. The second-order valence-corrected chi connectivity index (χ2v) is 3.55. The molecule has 11 heavy (non-hydrogen) atoms. The van der Waals surface area contributed by atoms with Crippen LogP contribution < -0.4 is 0 Å². The third-order valence-electron chi connectivity index (χ3n) is 2.37. The van der Waals surface area contributed by atoms with Gasteiger partial charge in [-0.2, -0.15) is 0 Å². The van der Waals surface area contributed by atoms with Crippen LogP contribution in [0.25, 0.3) is 0 Å².